The minimum Gasteiger partial charge on any atom is -0.497 e. The number of benzene rings is 2. The molecule has 28 heavy (non-hydrogen) atoms. The summed E-state index contributed by atoms with van der Waals surface area (Å²) in [6, 6.07) is 17.4. The van der Waals surface area contributed by atoms with Gasteiger partial charge < -0.3 is 10.1 Å². The van der Waals surface area contributed by atoms with Crippen molar-refractivity contribution in [3.63, 3.8) is 0 Å². The van der Waals surface area contributed by atoms with Gasteiger partial charge in [0.1, 0.15) is 11.8 Å². The monoisotopic (exact) mass is 372 g/mol. The van der Waals surface area contributed by atoms with Crippen LogP contribution >= 0.6 is 0 Å². The summed E-state index contributed by atoms with van der Waals surface area (Å²) < 4.78 is 7.13. The lowest BCUT2D eigenvalue weighted by atomic mass is 9.85. The van der Waals surface area contributed by atoms with Crippen molar-refractivity contribution in [1.82, 2.24) is 14.8 Å². The molecule has 1 atom stereocenters. The highest BCUT2D eigenvalue weighted by atomic mass is 16.5. The van der Waals surface area contributed by atoms with Crippen molar-refractivity contribution in [1.29, 1.82) is 0 Å². The van der Waals surface area contributed by atoms with E-state index in [-0.39, 0.29) is 11.8 Å². The van der Waals surface area contributed by atoms with Gasteiger partial charge >= 0.3 is 0 Å². The minimum atomic E-state index is -0.282. The molecule has 0 fully saturated rings. The summed E-state index contributed by atoms with van der Waals surface area (Å²) in [4.78, 5) is 17.6. The molecule has 0 spiro atoms. The SMILES string of the molecule is COc1ccc(C2C3=C(CCCC3=O)Nc3nc(-c4ccccc4)nn32)cc1. The highest BCUT2D eigenvalue weighted by Crippen LogP contribution is 2.40. The quantitative estimate of drug-likeness (QED) is 0.753. The lowest BCUT2D eigenvalue weighted by Crippen LogP contribution is -2.31. The zero-order valence-electron chi connectivity index (χ0n) is 15.6. The molecule has 1 aliphatic heterocycles. The summed E-state index contributed by atoms with van der Waals surface area (Å²) in [7, 11) is 1.65. The van der Waals surface area contributed by atoms with Crippen molar-refractivity contribution in [3.05, 3.63) is 71.4 Å². The van der Waals surface area contributed by atoms with Crippen molar-refractivity contribution in [2.45, 2.75) is 25.3 Å². The molecule has 2 heterocycles. The molecule has 0 bridgehead atoms. The van der Waals surface area contributed by atoms with Crippen LogP contribution in [0, 0.1) is 0 Å². The molecule has 1 aromatic heterocycles. The van der Waals surface area contributed by atoms with E-state index in [2.05, 4.69) is 5.32 Å². The van der Waals surface area contributed by atoms with Gasteiger partial charge in [-0.15, -0.1) is 5.10 Å². The summed E-state index contributed by atoms with van der Waals surface area (Å²) >= 11 is 0. The Labute approximate surface area is 162 Å². The van der Waals surface area contributed by atoms with E-state index in [1.165, 1.54) is 0 Å². The van der Waals surface area contributed by atoms with Crippen molar-refractivity contribution in [3.8, 4) is 17.1 Å². The first kappa shape index (κ1) is 16.7. The molecular formula is C22H20N4O2. The van der Waals surface area contributed by atoms with Gasteiger partial charge in [0.05, 0.1) is 7.11 Å². The lowest BCUT2D eigenvalue weighted by molar-refractivity contribution is -0.116. The number of allylic oxidation sites excluding steroid dienone is 2. The van der Waals surface area contributed by atoms with Crippen LogP contribution in [0.5, 0.6) is 5.75 Å². The molecule has 0 radical (unpaired) electrons. The molecule has 1 aliphatic carbocycles. The number of aromatic nitrogens is 3. The second kappa shape index (κ2) is 6.64. The van der Waals surface area contributed by atoms with Gasteiger partial charge in [0.15, 0.2) is 11.6 Å². The number of ketones is 1. The fourth-order valence-electron chi connectivity index (χ4n) is 3.96. The van der Waals surface area contributed by atoms with E-state index in [9.17, 15) is 4.79 Å². The number of carbonyl (C=O) groups excluding carboxylic acids is 1. The third kappa shape index (κ3) is 2.69. The Bertz CT molecular complexity index is 1070. The van der Waals surface area contributed by atoms with Crippen LogP contribution in [-0.2, 0) is 4.79 Å². The maximum atomic E-state index is 12.8. The molecule has 6 nitrogen and oxygen atoms in total. The number of hydrogen-bond acceptors (Lipinski definition) is 5. The fraction of sp³-hybridized carbons (Fsp3) is 0.227. The summed E-state index contributed by atoms with van der Waals surface area (Å²) in [5.41, 5.74) is 3.71. The van der Waals surface area contributed by atoms with Crippen LogP contribution in [-0.4, -0.2) is 27.7 Å². The Morgan fingerprint density at radius 2 is 1.86 bits per heavy atom. The number of fused-ring (bicyclic) bond motifs is 1. The number of ether oxygens (including phenoxy) is 1. The molecular weight excluding hydrogens is 352 g/mol. The summed E-state index contributed by atoms with van der Waals surface area (Å²) in [5, 5.41) is 8.14. The fourth-order valence-corrected chi connectivity index (χ4v) is 3.96. The van der Waals surface area contributed by atoms with Gasteiger partial charge in [-0.3, -0.25) is 4.79 Å². The van der Waals surface area contributed by atoms with E-state index in [1.807, 2.05) is 59.3 Å². The molecule has 0 amide bonds. The topological polar surface area (TPSA) is 69.0 Å². The van der Waals surface area contributed by atoms with Crippen LogP contribution < -0.4 is 10.1 Å². The number of Topliss-reactive ketones (excluding diaryl/α,β-unsaturated/α-hetero) is 1. The first-order valence-corrected chi connectivity index (χ1v) is 9.44. The molecule has 2 aromatic carbocycles. The lowest BCUT2D eigenvalue weighted by Gasteiger charge is -2.32. The van der Waals surface area contributed by atoms with Gasteiger partial charge in [-0.05, 0) is 30.5 Å². The molecule has 1 N–H and O–H groups in total. The van der Waals surface area contributed by atoms with E-state index in [0.717, 1.165) is 41.0 Å². The van der Waals surface area contributed by atoms with E-state index in [1.54, 1.807) is 7.11 Å². The Morgan fingerprint density at radius 1 is 1.07 bits per heavy atom. The predicted molar refractivity (Wildman–Crippen MR) is 106 cm³/mol. The molecule has 6 heteroatoms. The van der Waals surface area contributed by atoms with Gasteiger partial charge in [-0.2, -0.15) is 4.98 Å². The van der Waals surface area contributed by atoms with Crippen LogP contribution in [0.3, 0.4) is 0 Å². The molecule has 1 unspecified atom stereocenters. The Hall–Kier alpha value is -3.41. The molecule has 0 saturated heterocycles. The van der Waals surface area contributed by atoms with Crippen molar-refractivity contribution < 1.29 is 9.53 Å². The normalized spacial score (nSPS) is 18.3. The van der Waals surface area contributed by atoms with Crippen molar-refractivity contribution in [2.24, 2.45) is 0 Å². The summed E-state index contributed by atoms with van der Waals surface area (Å²) in [6.07, 6.45) is 2.28. The number of rotatable bonds is 3. The van der Waals surface area contributed by atoms with E-state index in [0.29, 0.717) is 18.2 Å². The molecule has 2 aliphatic rings. The second-order valence-corrected chi connectivity index (χ2v) is 7.04. The highest BCUT2D eigenvalue weighted by Gasteiger charge is 2.36. The smallest absolute Gasteiger partial charge is 0.226 e. The molecule has 5 rings (SSSR count). The number of carbonyl (C=O) groups is 1. The Kier molecular flexibility index (Phi) is 3.97. The molecule has 0 saturated carbocycles. The van der Waals surface area contributed by atoms with Crippen LogP contribution in [0.2, 0.25) is 0 Å². The molecule has 3 aromatic rings. The van der Waals surface area contributed by atoms with E-state index < -0.39 is 0 Å². The number of hydrogen-bond donors (Lipinski definition) is 1. The van der Waals surface area contributed by atoms with Crippen LogP contribution in [0.4, 0.5) is 5.95 Å². The van der Waals surface area contributed by atoms with Crippen LogP contribution in [0.1, 0.15) is 30.9 Å². The average Bonchev–Trinajstić information content (AvgIpc) is 3.17. The number of anilines is 1. The van der Waals surface area contributed by atoms with Gasteiger partial charge in [0.2, 0.25) is 5.95 Å². The predicted octanol–water partition coefficient (Wildman–Crippen LogP) is 3.98. The third-order valence-electron chi connectivity index (χ3n) is 5.33. The van der Waals surface area contributed by atoms with Gasteiger partial charge in [0.25, 0.3) is 0 Å². The Balaban J connectivity index is 1.66. The van der Waals surface area contributed by atoms with Gasteiger partial charge in [0, 0.05) is 23.3 Å². The van der Waals surface area contributed by atoms with Gasteiger partial charge in [-0.1, -0.05) is 42.5 Å². The minimum absolute atomic E-state index is 0.178. The zero-order valence-corrected chi connectivity index (χ0v) is 15.6. The van der Waals surface area contributed by atoms with E-state index in [4.69, 9.17) is 14.8 Å². The third-order valence-corrected chi connectivity index (χ3v) is 5.33. The standard InChI is InChI=1S/C22H20N4O2/c1-28-16-12-10-14(11-13-16)20-19-17(8-5-9-18(19)27)23-22-24-21(25-26(20)22)15-6-3-2-4-7-15/h2-4,6-7,10-13,20H,5,8-9H2,1H3,(H,23,24,25). The van der Waals surface area contributed by atoms with Crippen molar-refractivity contribution in [2.75, 3.05) is 12.4 Å². The van der Waals surface area contributed by atoms with E-state index >= 15 is 0 Å². The second-order valence-electron chi connectivity index (χ2n) is 7.04. The number of methoxy groups -OCH3 is 1. The average molecular weight is 372 g/mol. The van der Waals surface area contributed by atoms with Crippen LogP contribution in [0.25, 0.3) is 11.4 Å². The first-order chi connectivity index (χ1) is 13.7. The Morgan fingerprint density at radius 3 is 2.61 bits per heavy atom. The van der Waals surface area contributed by atoms with Gasteiger partial charge in [-0.25, -0.2) is 4.68 Å². The van der Waals surface area contributed by atoms with Crippen molar-refractivity contribution >= 4 is 11.7 Å². The zero-order chi connectivity index (χ0) is 19.1. The highest BCUT2D eigenvalue weighted by molar-refractivity contribution is 5.99. The van der Waals surface area contributed by atoms with Crippen LogP contribution in [0.15, 0.2) is 65.9 Å². The number of nitrogens with zero attached hydrogens (tertiary/aromatic N) is 3. The first-order valence-electron chi connectivity index (χ1n) is 9.44. The molecule has 140 valence electrons. The largest absolute Gasteiger partial charge is 0.497 e. The number of nitrogens with one attached hydrogen (secondary N) is 1. The summed E-state index contributed by atoms with van der Waals surface area (Å²) in [6.45, 7) is 0. The summed E-state index contributed by atoms with van der Waals surface area (Å²) in [5.74, 6) is 2.28. The maximum Gasteiger partial charge on any atom is 0.226 e. The maximum absolute atomic E-state index is 12.8.